The molecule has 0 saturated heterocycles. The monoisotopic (exact) mass is 478 g/mol. The molecule has 0 atom stereocenters. The van der Waals surface area contributed by atoms with Crippen molar-refractivity contribution in [1.29, 1.82) is 0 Å². The Morgan fingerprint density at radius 2 is 1.72 bits per heavy atom. The van der Waals surface area contributed by atoms with Gasteiger partial charge < -0.3 is 9.84 Å². The van der Waals surface area contributed by atoms with E-state index in [4.69, 9.17) is 21.4 Å². The molecule has 3 aromatic carbocycles. The van der Waals surface area contributed by atoms with Gasteiger partial charge in [0, 0.05) is 10.6 Å². The third-order valence-corrected chi connectivity index (χ3v) is 5.59. The summed E-state index contributed by atoms with van der Waals surface area (Å²) in [6.45, 7) is -0.494. The number of aliphatic carboxylic acids is 1. The maximum Gasteiger partial charge on any atom is 0.416 e. The van der Waals surface area contributed by atoms with Crippen molar-refractivity contribution in [1.82, 2.24) is 0 Å². The largest absolute Gasteiger partial charge is 0.480 e. The van der Waals surface area contributed by atoms with Crippen molar-refractivity contribution >= 4 is 34.9 Å². The predicted octanol–water partition coefficient (Wildman–Crippen LogP) is 7.05. The summed E-state index contributed by atoms with van der Waals surface area (Å²) < 4.78 is 44.7. The van der Waals surface area contributed by atoms with Gasteiger partial charge in [-0.3, -0.25) is 0 Å². The molecule has 0 aliphatic heterocycles. The Balaban J connectivity index is 1.82. The van der Waals surface area contributed by atoms with Gasteiger partial charge in [-0.25, -0.2) is 4.79 Å². The van der Waals surface area contributed by atoms with E-state index in [0.717, 1.165) is 22.6 Å². The van der Waals surface area contributed by atoms with Crippen LogP contribution >= 0.6 is 23.4 Å². The Morgan fingerprint density at radius 3 is 2.38 bits per heavy atom. The fourth-order valence-corrected chi connectivity index (χ4v) is 4.04. The van der Waals surface area contributed by atoms with Gasteiger partial charge in [0.15, 0.2) is 6.61 Å². The van der Waals surface area contributed by atoms with E-state index in [9.17, 15) is 18.0 Å². The number of halogens is 4. The molecule has 32 heavy (non-hydrogen) atoms. The van der Waals surface area contributed by atoms with Gasteiger partial charge in [-0.05, 0) is 47.0 Å². The lowest BCUT2D eigenvalue weighted by atomic mass is 9.96. The average molecular weight is 479 g/mol. The molecule has 0 amide bonds. The molecular formula is C24H18ClF3O3S. The molecule has 1 N–H and O–H groups in total. The van der Waals surface area contributed by atoms with E-state index in [-0.39, 0.29) is 10.8 Å². The van der Waals surface area contributed by atoms with Crippen molar-refractivity contribution in [3.8, 4) is 5.75 Å². The molecule has 0 spiro atoms. The lowest BCUT2D eigenvalue weighted by Gasteiger charge is -2.12. The molecule has 0 saturated carbocycles. The number of hydrogen-bond donors (Lipinski definition) is 1. The van der Waals surface area contributed by atoms with E-state index in [1.54, 1.807) is 24.3 Å². The second-order valence-electron chi connectivity index (χ2n) is 6.65. The molecule has 3 nitrogen and oxygen atoms in total. The van der Waals surface area contributed by atoms with Crippen LogP contribution < -0.4 is 4.74 Å². The minimum absolute atomic E-state index is 0.267. The number of rotatable bonds is 8. The van der Waals surface area contributed by atoms with E-state index in [1.807, 2.05) is 36.4 Å². The first-order valence-corrected chi connectivity index (χ1v) is 10.8. The van der Waals surface area contributed by atoms with Gasteiger partial charge in [-0.15, -0.1) is 11.8 Å². The maximum atomic E-state index is 13.2. The quantitative estimate of drug-likeness (QED) is 0.352. The Kier molecular flexibility index (Phi) is 7.88. The number of carboxylic acids is 1. The minimum atomic E-state index is -4.42. The van der Waals surface area contributed by atoms with Gasteiger partial charge in [0.25, 0.3) is 0 Å². The lowest BCUT2D eigenvalue weighted by Crippen LogP contribution is -2.09. The van der Waals surface area contributed by atoms with Crippen molar-refractivity contribution in [2.75, 3.05) is 12.4 Å². The Hall–Kier alpha value is -2.90. The molecule has 0 unspecified atom stereocenters. The van der Waals surface area contributed by atoms with E-state index in [0.29, 0.717) is 16.9 Å². The Morgan fingerprint density at radius 1 is 1.00 bits per heavy atom. The van der Waals surface area contributed by atoms with Crippen molar-refractivity contribution in [2.24, 2.45) is 0 Å². The van der Waals surface area contributed by atoms with E-state index in [1.165, 1.54) is 17.8 Å². The topological polar surface area (TPSA) is 46.5 Å². The van der Waals surface area contributed by atoms with Crippen LogP contribution in [0.3, 0.4) is 0 Å². The maximum absolute atomic E-state index is 13.2. The van der Waals surface area contributed by atoms with Crippen molar-refractivity contribution < 1.29 is 27.8 Å². The fraction of sp³-hybridized carbons (Fsp3) is 0.125. The highest BCUT2D eigenvalue weighted by molar-refractivity contribution is 7.99. The van der Waals surface area contributed by atoms with E-state index < -0.39 is 24.3 Å². The van der Waals surface area contributed by atoms with E-state index in [2.05, 4.69) is 0 Å². The van der Waals surface area contributed by atoms with Crippen LogP contribution in [0.25, 0.3) is 5.57 Å². The van der Waals surface area contributed by atoms with Crippen molar-refractivity contribution in [2.45, 2.75) is 11.1 Å². The second-order valence-corrected chi connectivity index (χ2v) is 8.15. The molecular weight excluding hydrogens is 461 g/mol. The molecule has 0 aromatic heterocycles. The van der Waals surface area contributed by atoms with E-state index >= 15 is 0 Å². The molecule has 0 heterocycles. The highest BCUT2D eigenvalue weighted by Gasteiger charge is 2.30. The summed E-state index contributed by atoms with van der Waals surface area (Å²) in [6, 6.07) is 19.5. The van der Waals surface area contributed by atoms with Crippen LogP contribution in [0.15, 0.2) is 83.8 Å². The number of carbonyl (C=O) groups is 1. The third kappa shape index (κ3) is 6.55. The molecule has 0 bridgehead atoms. The van der Waals surface area contributed by atoms with Crippen LogP contribution in [-0.2, 0) is 11.0 Å². The summed E-state index contributed by atoms with van der Waals surface area (Å²) in [5.41, 5.74) is 1.27. The first-order chi connectivity index (χ1) is 15.2. The summed E-state index contributed by atoms with van der Waals surface area (Å²) in [6.07, 6.45) is -2.55. The highest BCUT2D eigenvalue weighted by Crippen LogP contribution is 2.34. The van der Waals surface area contributed by atoms with Gasteiger partial charge in [0.1, 0.15) is 5.75 Å². The normalized spacial score (nSPS) is 11.9. The zero-order chi connectivity index (χ0) is 23.1. The number of thioether (sulfide) groups is 1. The second kappa shape index (κ2) is 10.6. The first-order valence-electron chi connectivity index (χ1n) is 9.44. The number of hydrogen-bond acceptors (Lipinski definition) is 3. The SMILES string of the molecule is O=C(O)COc1ccc(SC/C=C(/c2ccccc2)c2cccc(C(F)(F)F)c2)cc1Cl. The fourth-order valence-electron chi connectivity index (χ4n) is 2.93. The lowest BCUT2D eigenvalue weighted by molar-refractivity contribution is -0.139. The highest BCUT2D eigenvalue weighted by atomic mass is 35.5. The van der Waals surface area contributed by atoms with Crippen LogP contribution in [0.1, 0.15) is 16.7 Å². The zero-order valence-electron chi connectivity index (χ0n) is 16.6. The van der Waals surface area contributed by atoms with Crippen molar-refractivity contribution in [3.63, 3.8) is 0 Å². The molecule has 3 aromatic rings. The number of alkyl halides is 3. The molecule has 3 rings (SSSR count). The minimum Gasteiger partial charge on any atom is -0.480 e. The number of carboxylic acid groups (broad SMARTS) is 1. The molecule has 0 aliphatic carbocycles. The molecule has 0 aliphatic rings. The van der Waals surface area contributed by atoms with Gasteiger partial charge in [0.05, 0.1) is 10.6 Å². The predicted molar refractivity (Wildman–Crippen MR) is 120 cm³/mol. The van der Waals surface area contributed by atoms with Crippen LogP contribution in [0, 0.1) is 0 Å². The summed E-state index contributed by atoms with van der Waals surface area (Å²) in [4.78, 5) is 11.4. The van der Waals surface area contributed by atoms with Gasteiger partial charge in [-0.1, -0.05) is 60.1 Å². The van der Waals surface area contributed by atoms with Gasteiger partial charge in [0.2, 0.25) is 0 Å². The summed E-state index contributed by atoms with van der Waals surface area (Å²) in [5, 5.41) is 8.98. The van der Waals surface area contributed by atoms with Gasteiger partial charge >= 0.3 is 12.1 Å². The van der Waals surface area contributed by atoms with Crippen LogP contribution in [0.4, 0.5) is 13.2 Å². The van der Waals surface area contributed by atoms with Crippen LogP contribution in [0.2, 0.25) is 5.02 Å². The molecule has 0 radical (unpaired) electrons. The average Bonchev–Trinajstić information content (AvgIpc) is 2.76. The first kappa shape index (κ1) is 23.8. The summed E-state index contributed by atoms with van der Waals surface area (Å²) in [7, 11) is 0. The zero-order valence-corrected chi connectivity index (χ0v) is 18.2. The number of ether oxygens (including phenoxy) is 1. The van der Waals surface area contributed by atoms with Gasteiger partial charge in [-0.2, -0.15) is 13.2 Å². The van der Waals surface area contributed by atoms with Crippen LogP contribution in [0.5, 0.6) is 5.75 Å². The van der Waals surface area contributed by atoms with Crippen molar-refractivity contribution in [3.05, 3.63) is 101 Å². The summed E-state index contributed by atoms with van der Waals surface area (Å²) in [5.74, 6) is -0.359. The Bertz CT molecular complexity index is 1110. The van der Waals surface area contributed by atoms with Crippen LogP contribution in [-0.4, -0.2) is 23.4 Å². The Labute approximate surface area is 192 Å². The standard InChI is InChI=1S/C24H18ClF3O3S/c25-21-14-19(9-10-22(21)31-15-23(29)30)32-12-11-20(16-5-2-1-3-6-16)17-7-4-8-18(13-17)24(26,27)28/h1-11,13-14H,12,15H2,(H,29,30)/b20-11-. The molecule has 166 valence electrons. The number of benzene rings is 3. The third-order valence-electron chi connectivity index (χ3n) is 4.38. The molecule has 8 heteroatoms. The summed E-state index contributed by atoms with van der Waals surface area (Å²) >= 11 is 7.59. The molecule has 0 fully saturated rings. The smallest absolute Gasteiger partial charge is 0.416 e.